The monoisotopic (exact) mass is 356 g/mol. The summed E-state index contributed by atoms with van der Waals surface area (Å²) in [5.74, 6) is 0.551. The van der Waals surface area contributed by atoms with E-state index < -0.39 is 0 Å². The summed E-state index contributed by atoms with van der Waals surface area (Å²) in [6.45, 7) is 4.50. The fraction of sp³-hybridized carbons (Fsp3) is 0.278. The number of aromatic nitrogens is 3. The largest absolute Gasteiger partial charge is 0.497 e. The third-order valence-corrected chi connectivity index (χ3v) is 4.59. The van der Waals surface area contributed by atoms with Gasteiger partial charge in [-0.3, -0.25) is 4.79 Å². The molecule has 6 nitrogen and oxygen atoms in total. The van der Waals surface area contributed by atoms with Gasteiger partial charge in [-0.2, -0.15) is 5.10 Å². The van der Waals surface area contributed by atoms with Crippen LogP contribution in [0, 0.1) is 13.8 Å². The van der Waals surface area contributed by atoms with E-state index in [0.29, 0.717) is 24.3 Å². The predicted octanol–water partition coefficient (Wildman–Crippen LogP) is 2.93. The van der Waals surface area contributed by atoms with E-state index in [9.17, 15) is 4.79 Å². The Morgan fingerprint density at radius 1 is 1.32 bits per heavy atom. The van der Waals surface area contributed by atoms with Crippen LogP contribution in [0.15, 0.2) is 35.7 Å². The Morgan fingerprint density at radius 2 is 2.16 bits per heavy atom. The molecule has 0 aliphatic rings. The summed E-state index contributed by atoms with van der Waals surface area (Å²) in [4.78, 5) is 16.8. The van der Waals surface area contributed by atoms with Gasteiger partial charge in [0.05, 0.1) is 18.5 Å². The van der Waals surface area contributed by atoms with Crippen molar-refractivity contribution < 1.29 is 9.53 Å². The smallest absolute Gasteiger partial charge is 0.251 e. The van der Waals surface area contributed by atoms with Crippen molar-refractivity contribution in [3.05, 3.63) is 58.4 Å². The van der Waals surface area contributed by atoms with Gasteiger partial charge in [0.2, 0.25) is 5.13 Å². The van der Waals surface area contributed by atoms with Crippen molar-refractivity contribution >= 4 is 17.2 Å². The molecule has 0 spiro atoms. The number of benzene rings is 1. The lowest BCUT2D eigenvalue weighted by atomic mass is 10.2. The van der Waals surface area contributed by atoms with E-state index in [-0.39, 0.29) is 5.91 Å². The van der Waals surface area contributed by atoms with E-state index in [1.807, 2.05) is 36.0 Å². The number of carbonyl (C=O) groups excluding carboxylic acids is 1. The van der Waals surface area contributed by atoms with Crippen molar-refractivity contribution in [1.29, 1.82) is 0 Å². The molecule has 2 heterocycles. The SMILES string of the molecule is COc1cccc(C(=O)NCCc2csc(-n3nc(C)cc3C)n2)c1. The molecule has 0 atom stereocenters. The molecule has 7 heteroatoms. The lowest BCUT2D eigenvalue weighted by Crippen LogP contribution is -2.25. The van der Waals surface area contributed by atoms with Crippen LogP contribution in [0.4, 0.5) is 0 Å². The Balaban J connectivity index is 1.57. The van der Waals surface area contributed by atoms with Gasteiger partial charge >= 0.3 is 0 Å². The van der Waals surface area contributed by atoms with Crippen LogP contribution in [0.5, 0.6) is 5.75 Å². The highest BCUT2D eigenvalue weighted by atomic mass is 32.1. The van der Waals surface area contributed by atoms with E-state index in [0.717, 1.165) is 22.2 Å². The molecule has 1 amide bonds. The summed E-state index contributed by atoms with van der Waals surface area (Å²) in [6.07, 6.45) is 0.672. The molecule has 0 unspecified atom stereocenters. The van der Waals surface area contributed by atoms with E-state index in [1.54, 1.807) is 36.6 Å². The first-order valence-electron chi connectivity index (χ1n) is 7.97. The minimum atomic E-state index is -0.118. The van der Waals surface area contributed by atoms with E-state index in [1.165, 1.54) is 0 Å². The molecule has 2 aromatic heterocycles. The Bertz CT molecular complexity index is 885. The molecule has 1 aromatic carbocycles. The summed E-state index contributed by atoms with van der Waals surface area (Å²) in [5, 5.41) is 10.2. The number of thiazole rings is 1. The fourth-order valence-electron chi connectivity index (χ4n) is 2.50. The maximum atomic E-state index is 12.2. The number of carbonyl (C=O) groups is 1. The van der Waals surface area contributed by atoms with Gasteiger partial charge < -0.3 is 10.1 Å². The summed E-state index contributed by atoms with van der Waals surface area (Å²) in [6, 6.07) is 9.12. The molecular formula is C18H20N4O2S. The molecular weight excluding hydrogens is 336 g/mol. The van der Waals surface area contributed by atoms with Gasteiger partial charge in [-0.1, -0.05) is 6.07 Å². The van der Waals surface area contributed by atoms with Gasteiger partial charge in [0, 0.05) is 29.6 Å². The van der Waals surface area contributed by atoms with Crippen molar-refractivity contribution in [3.8, 4) is 10.9 Å². The highest BCUT2D eigenvalue weighted by Crippen LogP contribution is 2.17. The molecule has 1 N–H and O–H groups in total. The number of rotatable bonds is 6. The van der Waals surface area contributed by atoms with Crippen molar-refractivity contribution in [2.24, 2.45) is 0 Å². The van der Waals surface area contributed by atoms with E-state index in [2.05, 4.69) is 15.4 Å². The quantitative estimate of drug-likeness (QED) is 0.737. The van der Waals surface area contributed by atoms with Crippen LogP contribution in [0.25, 0.3) is 5.13 Å². The molecule has 130 valence electrons. The second kappa shape index (κ2) is 7.48. The lowest BCUT2D eigenvalue weighted by molar-refractivity contribution is 0.0953. The van der Waals surface area contributed by atoms with E-state index >= 15 is 0 Å². The number of nitrogens with one attached hydrogen (secondary N) is 1. The molecule has 0 bridgehead atoms. The zero-order valence-corrected chi connectivity index (χ0v) is 15.3. The fourth-order valence-corrected chi connectivity index (χ4v) is 3.37. The molecule has 0 radical (unpaired) electrons. The number of methoxy groups -OCH3 is 1. The molecule has 0 saturated heterocycles. The molecule has 0 aliphatic heterocycles. The number of ether oxygens (including phenoxy) is 1. The maximum Gasteiger partial charge on any atom is 0.251 e. The van der Waals surface area contributed by atoms with Crippen molar-refractivity contribution in [3.63, 3.8) is 0 Å². The first-order chi connectivity index (χ1) is 12.1. The maximum absolute atomic E-state index is 12.2. The van der Waals surface area contributed by atoms with Crippen LogP contribution < -0.4 is 10.1 Å². The second-order valence-electron chi connectivity index (χ2n) is 5.70. The molecule has 3 rings (SSSR count). The average Bonchev–Trinajstić information content (AvgIpc) is 3.20. The normalized spacial score (nSPS) is 10.7. The zero-order valence-electron chi connectivity index (χ0n) is 14.4. The predicted molar refractivity (Wildman–Crippen MR) is 97.7 cm³/mol. The molecule has 0 saturated carbocycles. The topological polar surface area (TPSA) is 69.0 Å². The number of hydrogen-bond donors (Lipinski definition) is 1. The van der Waals surface area contributed by atoms with Crippen molar-refractivity contribution in [2.45, 2.75) is 20.3 Å². The Hall–Kier alpha value is -2.67. The van der Waals surface area contributed by atoms with Gasteiger partial charge in [0.15, 0.2) is 0 Å². The number of hydrogen-bond acceptors (Lipinski definition) is 5. The zero-order chi connectivity index (χ0) is 17.8. The summed E-state index contributed by atoms with van der Waals surface area (Å²) in [5.41, 5.74) is 3.56. The minimum absolute atomic E-state index is 0.118. The van der Waals surface area contributed by atoms with Gasteiger partial charge in [-0.25, -0.2) is 9.67 Å². The molecule has 3 aromatic rings. The second-order valence-corrected chi connectivity index (χ2v) is 6.53. The van der Waals surface area contributed by atoms with Crippen LogP contribution in [-0.4, -0.2) is 34.3 Å². The third-order valence-electron chi connectivity index (χ3n) is 3.73. The third kappa shape index (κ3) is 4.06. The van der Waals surface area contributed by atoms with Gasteiger partial charge in [-0.05, 0) is 38.1 Å². The van der Waals surface area contributed by atoms with Crippen LogP contribution in [-0.2, 0) is 6.42 Å². The Labute approximate surface area is 150 Å². The summed E-state index contributed by atoms with van der Waals surface area (Å²) in [7, 11) is 1.58. The average molecular weight is 356 g/mol. The number of amides is 1. The summed E-state index contributed by atoms with van der Waals surface area (Å²) < 4.78 is 6.98. The Kier molecular flexibility index (Phi) is 5.14. The van der Waals surface area contributed by atoms with Gasteiger partial charge in [-0.15, -0.1) is 11.3 Å². The van der Waals surface area contributed by atoms with Crippen LogP contribution in [0.1, 0.15) is 27.4 Å². The van der Waals surface area contributed by atoms with Gasteiger partial charge in [0.1, 0.15) is 5.75 Å². The number of nitrogens with zero attached hydrogens (tertiary/aromatic N) is 3. The standard InChI is InChI=1S/C18H20N4O2S/c1-12-9-13(2)22(21-12)18-20-15(11-25-18)7-8-19-17(23)14-5-4-6-16(10-14)24-3/h4-6,9-11H,7-8H2,1-3H3,(H,19,23). The Morgan fingerprint density at radius 3 is 2.88 bits per heavy atom. The minimum Gasteiger partial charge on any atom is -0.497 e. The molecule has 25 heavy (non-hydrogen) atoms. The summed E-state index contributed by atoms with van der Waals surface area (Å²) >= 11 is 1.55. The van der Waals surface area contributed by atoms with Crippen LogP contribution in [0.2, 0.25) is 0 Å². The first-order valence-corrected chi connectivity index (χ1v) is 8.85. The molecule has 0 aliphatic carbocycles. The molecule has 0 fully saturated rings. The van der Waals surface area contributed by atoms with Crippen molar-refractivity contribution in [2.75, 3.05) is 13.7 Å². The van der Waals surface area contributed by atoms with Crippen LogP contribution >= 0.6 is 11.3 Å². The van der Waals surface area contributed by atoms with Gasteiger partial charge in [0.25, 0.3) is 5.91 Å². The number of aryl methyl sites for hydroxylation is 2. The highest BCUT2D eigenvalue weighted by Gasteiger charge is 2.10. The van der Waals surface area contributed by atoms with Crippen LogP contribution in [0.3, 0.4) is 0 Å². The van der Waals surface area contributed by atoms with E-state index in [4.69, 9.17) is 4.74 Å². The van der Waals surface area contributed by atoms with Crippen molar-refractivity contribution in [1.82, 2.24) is 20.1 Å². The lowest BCUT2D eigenvalue weighted by Gasteiger charge is -2.06. The first kappa shape index (κ1) is 17.2. The highest BCUT2D eigenvalue weighted by molar-refractivity contribution is 7.12.